The highest BCUT2D eigenvalue weighted by molar-refractivity contribution is 5.98. The van der Waals surface area contributed by atoms with Crippen LogP contribution in [0.1, 0.15) is 26.2 Å². The third-order valence-corrected chi connectivity index (χ3v) is 2.20. The van der Waals surface area contributed by atoms with Crippen LogP contribution in [-0.4, -0.2) is 34.3 Å². The number of rotatable bonds is 3. The minimum Gasteiger partial charge on any atom is -0.481 e. The van der Waals surface area contributed by atoms with Crippen molar-refractivity contribution < 1.29 is 19.5 Å². The Kier molecular flexibility index (Phi) is 3.22. The minimum atomic E-state index is -0.996. The number of carbonyl (C=O) groups excluding carboxylic acids is 2. The van der Waals surface area contributed by atoms with Crippen LogP contribution in [0.2, 0.25) is 0 Å². The van der Waals surface area contributed by atoms with E-state index in [1.165, 1.54) is 0 Å². The van der Waals surface area contributed by atoms with Gasteiger partial charge in [-0.05, 0) is 5.92 Å². The summed E-state index contributed by atoms with van der Waals surface area (Å²) in [5.74, 6) is -1.43. The maximum Gasteiger partial charge on any atom is 0.305 e. The van der Waals surface area contributed by atoms with Crippen LogP contribution in [-0.2, 0) is 14.4 Å². The predicted molar refractivity (Wildman–Crippen MR) is 47.4 cm³/mol. The van der Waals surface area contributed by atoms with Crippen molar-refractivity contribution in [3.05, 3.63) is 0 Å². The van der Waals surface area contributed by atoms with E-state index in [4.69, 9.17) is 5.11 Å². The summed E-state index contributed by atoms with van der Waals surface area (Å²) in [4.78, 5) is 34.0. The van der Waals surface area contributed by atoms with Gasteiger partial charge < -0.3 is 5.11 Å². The van der Waals surface area contributed by atoms with E-state index >= 15 is 0 Å². The van der Waals surface area contributed by atoms with Gasteiger partial charge in [-0.3, -0.25) is 19.3 Å². The SMILES string of the molecule is CC1CC(=O)N(CCC(=O)O)C(=O)C1. The number of carbonyl (C=O) groups is 3. The number of hydrogen-bond donors (Lipinski definition) is 1. The Balaban J connectivity index is 2.54. The zero-order valence-corrected chi connectivity index (χ0v) is 8.02. The van der Waals surface area contributed by atoms with Gasteiger partial charge in [-0.1, -0.05) is 6.92 Å². The van der Waals surface area contributed by atoms with Crippen molar-refractivity contribution in [2.75, 3.05) is 6.54 Å². The third kappa shape index (κ3) is 2.55. The van der Waals surface area contributed by atoms with Crippen LogP contribution in [0.3, 0.4) is 0 Å². The maximum atomic E-state index is 11.3. The lowest BCUT2D eigenvalue weighted by molar-refractivity contribution is -0.150. The Bertz CT molecular complexity index is 256. The average molecular weight is 199 g/mol. The molecule has 1 fully saturated rings. The lowest BCUT2D eigenvalue weighted by Gasteiger charge is -2.27. The van der Waals surface area contributed by atoms with Crippen LogP contribution >= 0.6 is 0 Å². The standard InChI is InChI=1S/C9H13NO4/c1-6-4-7(11)10(8(12)5-6)3-2-9(13)14/h6H,2-5H2,1H3,(H,13,14). The highest BCUT2D eigenvalue weighted by atomic mass is 16.4. The highest BCUT2D eigenvalue weighted by Gasteiger charge is 2.30. The number of carboxylic acids is 1. The summed E-state index contributed by atoms with van der Waals surface area (Å²) < 4.78 is 0. The summed E-state index contributed by atoms with van der Waals surface area (Å²) in [5, 5.41) is 8.42. The summed E-state index contributed by atoms with van der Waals surface area (Å²) >= 11 is 0. The molecule has 0 atom stereocenters. The molecule has 0 aromatic carbocycles. The zero-order chi connectivity index (χ0) is 10.7. The summed E-state index contributed by atoms with van der Waals surface area (Å²) in [7, 11) is 0. The van der Waals surface area contributed by atoms with Gasteiger partial charge in [-0.2, -0.15) is 0 Å². The van der Waals surface area contributed by atoms with Crippen molar-refractivity contribution in [1.29, 1.82) is 0 Å². The van der Waals surface area contributed by atoms with Crippen molar-refractivity contribution in [3.8, 4) is 0 Å². The normalized spacial score (nSPS) is 18.8. The van der Waals surface area contributed by atoms with Crippen LogP contribution in [0, 0.1) is 5.92 Å². The molecular weight excluding hydrogens is 186 g/mol. The van der Waals surface area contributed by atoms with E-state index in [9.17, 15) is 14.4 Å². The first-order valence-electron chi connectivity index (χ1n) is 4.55. The van der Waals surface area contributed by atoms with Crippen molar-refractivity contribution in [2.24, 2.45) is 5.92 Å². The van der Waals surface area contributed by atoms with E-state index in [0.29, 0.717) is 12.8 Å². The quantitative estimate of drug-likeness (QED) is 0.661. The largest absolute Gasteiger partial charge is 0.481 e. The zero-order valence-electron chi connectivity index (χ0n) is 8.02. The topological polar surface area (TPSA) is 74.7 Å². The van der Waals surface area contributed by atoms with Gasteiger partial charge in [-0.15, -0.1) is 0 Å². The molecule has 1 rings (SSSR count). The number of likely N-dealkylation sites (tertiary alicyclic amines) is 1. The number of hydrogen-bond acceptors (Lipinski definition) is 3. The van der Waals surface area contributed by atoms with E-state index in [0.717, 1.165) is 4.90 Å². The van der Waals surface area contributed by atoms with Crippen LogP contribution < -0.4 is 0 Å². The molecule has 0 saturated carbocycles. The smallest absolute Gasteiger partial charge is 0.305 e. The van der Waals surface area contributed by atoms with Gasteiger partial charge in [0.15, 0.2) is 0 Å². The maximum absolute atomic E-state index is 11.3. The Morgan fingerprint density at radius 3 is 2.36 bits per heavy atom. The monoisotopic (exact) mass is 199 g/mol. The molecule has 0 unspecified atom stereocenters. The molecule has 1 saturated heterocycles. The molecule has 2 amide bonds. The fourth-order valence-electron chi connectivity index (χ4n) is 1.48. The number of aliphatic carboxylic acids is 1. The second-order valence-corrected chi connectivity index (χ2v) is 3.60. The van der Waals surface area contributed by atoms with Crippen LogP contribution in [0.5, 0.6) is 0 Å². The second-order valence-electron chi connectivity index (χ2n) is 3.60. The Labute approximate surface area is 81.7 Å². The molecule has 5 nitrogen and oxygen atoms in total. The fourth-order valence-corrected chi connectivity index (χ4v) is 1.48. The molecule has 78 valence electrons. The average Bonchev–Trinajstić information content (AvgIpc) is 2.01. The third-order valence-electron chi connectivity index (χ3n) is 2.20. The van der Waals surface area contributed by atoms with Crippen LogP contribution in [0.4, 0.5) is 0 Å². The molecule has 1 N–H and O–H groups in total. The molecule has 0 aromatic rings. The van der Waals surface area contributed by atoms with Crippen molar-refractivity contribution in [2.45, 2.75) is 26.2 Å². The number of imide groups is 1. The lowest BCUT2D eigenvalue weighted by Crippen LogP contribution is -2.43. The van der Waals surface area contributed by atoms with E-state index in [-0.39, 0.29) is 30.7 Å². The molecule has 0 aromatic heterocycles. The molecule has 1 aliphatic heterocycles. The van der Waals surface area contributed by atoms with Crippen molar-refractivity contribution in [1.82, 2.24) is 4.90 Å². The molecule has 14 heavy (non-hydrogen) atoms. The van der Waals surface area contributed by atoms with E-state index < -0.39 is 5.97 Å². The molecule has 0 bridgehead atoms. The number of nitrogens with zero attached hydrogens (tertiary/aromatic N) is 1. The Hall–Kier alpha value is -1.39. The molecule has 0 radical (unpaired) electrons. The number of carboxylic acid groups (broad SMARTS) is 1. The van der Waals surface area contributed by atoms with Crippen LogP contribution in [0.25, 0.3) is 0 Å². The molecule has 5 heteroatoms. The first-order chi connectivity index (χ1) is 6.50. The lowest BCUT2D eigenvalue weighted by atomic mass is 9.98. The number of amides is 2. The number of piperidine rings is 1. The van der Waals surface area contributed by atoms with Gasteiger partial charge in [0.1, 0.15) is 0 Å². The summed E-state index contributed by atoms with van der Waals surface area (Å²) in [6, 6.07) is 0. The highest BCUT2D eigenvalue weighted by Crippen LogP contribution is 2.18. The van der Waals surface area contributed by atoms with Crippen molar-refractivity contribution in [3.63, 3.8) is 0 Å². The molecule has 1 aliphatic rings. The first kappa shape index (κ1) is 10.7. The van der Waals surface area contributed by atoms with Gasteiger partial charge in [-0.25, -0.2) is 0 Å². The Morgan fingerprint density at radius 1 is 1.43 bits per heavy atom. The Morgan fingerprint density at radius 2 is 1.93 bits per heavy atom. The van der Waals surface area contributed by atoms with Gasteiger partial charge in [0.2, 0.25) is 11.8 Å². The molecular formula is C9H13NO4. The van der Waals surface area contributed by atoms with E-state index in [1.807, 2.05) is 6.92 Å². The minimum absolute atomic E-state index is 0.000278. The van der Waals surface area contributed by atoms with Crippen molar-refractivity contribution >= 4 is 17.8 Å². The van der Waals surface area contributed by atoms with E-state index in [2.05, 4.69) is 0 Å². The summed E-state index contributed by atoms with van der Waals surface area (Å²) in [5.41, 5.74) is 0. The predicted octanol–water partition coefficient (Wildman–Crippen LogP) is 0.246. The fraction of sp³-hybridized carbons (Fsp3) is 0.667. The van der Waals surface area contributed by atoms with E-state index in [1.54, 1.807) is 0 Å². The molecule has 1 heterocycles. The summed E-state index contributed by atoms with van der Waals surface area (Å²) in [6.45, 7) is 1.84. The first-order valence-corrected chi connectivity index (χ1v) is 4.55. The molecule has 0 spiro atoms. The van der Waals surface area contributed by atoms with Crippen LogP contribution in [0.15, 0.2) is 0 Å². The summed E-state index contributed by atoms with van der Waals surface area (Å²) in [6.07, 6.45) is 0.503. The van der Waals surface area contributed by atoms with Gasteiger partial charge >= 0.3 is 5.97 Å². The second kappa shape index (κ2) is 4.21. The van der Waals surface area contributed by atoms with Gasteiger partial charge in [0, 0.05) is 19.4 Å². The molecule has 0 aliphatic carbocycles. The van der Waals surface area contributed by atoms with Gasteiger partial charge in [0.25, 0.3) is 0 Å². The van der Waals surface area contributed by atoms with Gasteiger partial charge in [0.05, 0.1) is 6.42 Å².